The third kappa shape index (κ3) is 3.01. The third-order valence-corrected chi connectivity index (χ3v) is 3.20. The zero-order valence-corrected chi connectivity index (χ0v) is 11.6. The van der Waals surface area contributed by atoms with Gasteiger partial charge in [0.1, 0.15) is 0 Å². The van der Waals surface area contributed by atoms with E-state index in [1.807, 2.05) is 0 Å². The van der Waals surface area contributed by atoms with Gasteiger partial charge in [-0.05, 0) is 31.8 Å². The number of hydrogen-bond acceptors (Lipinski definition) is 3. The van der Waals surface area contributed by atoms with Crippen molar-refractivity contribution in [1.29, 1.82) is 0 Å². The van der Waals surface area contributed by atoms with Gasteiger partial charge in [0.25, 0.3) is 0 Å². The second kappa shape index (κ2) is 5.24. The van der Waals surface area contributed by atoms with Crippen molar-refractivity contribution in [3.8, 4) is 0 Å². The quantitative estimate of drug-likeness (QED) is 0.301. The second-order valence-electron chi connectivity index (χ2n) is 3.68. The molecule has 68 valence electrons. The van der Waals surface area contributed by atoms with Crippen LogP contribution in [0.1, 0.15) is 12.8 Å². The van der Waals surface area contributed by atoms with Crippen LogP contribution in [0.2, 0.25) is 0 Å². The molecule has 5 heteroatoms. The molecule has 0 amide bonds. The predicted molar refractivity (Wildman–Crippen MR) is 56.1 cm³/mol. The molecule has 3 aliphatic heterocycles. The van der Waals surface area contributed by atoms with Crippen LogP contribution >= 0.6 is 12.2 Å². The first-order valence-corrected chi connectivity index (χ1v) is 5.27. The van der Waals surface area contributed by atoms with Crippen LogP contribution in [-0.4, -0.2) is 34.9 Å². The first-order chi connectivity index (χ1) is 5.75. The van der Waals surface area contributed by atoms with Gasteiger partial charge in [0.15, 0.2) is 0 Å². The number of nitrogens with zero attached hydrogens (tertiary/aromatic N) is 1. The van der Waals surface area contributed by atoms with E-state index in [9.17, 15) is 0 Å². The minimum absolute atomic E-state index is 0. The Kier molecular flexibility index (Phi) is 4.89. The minimum atomic E-state index is 0. The molecular weight excluding hydrogens is 211 g/mol. The summed E-state index contributed by atoms with van der Waals surface area (Å²) in [6, 6.07) is 0.539. The fourth-order valence-corrected chi connectivity index (χ4v) is 2.58. The first-order valence-electron chi connectivity index (χ1n) is 4.45. The van der Waals surface area contributed by atoms with Crippen LogP contribution < -0.4 is 34.9 Å². The zero-order valence-electron chi connectivity index (χ0n) is 7.95. The van der Waals surface area contributed by atoms with Crippen LogP contribution in [0.5, 0.6) is 0 Å². The Labute approximate surface area is 113 Å². The Balaban J connectivity index is 0.000000845. The van der Waals surface area contributed by atoms with E-state index in [-0.39, 0.29) is 29.6 Å². The van der Waals surface area contributed by atoms with E-state index in [1.165, 1.54) is 25.9 Å². The van der Waals surface area contributed by atoms with E-state index in [4.69, 9.17) is 24.8 Å². The van der Waals surface area contributed by atoms with E-state index >= 15 is 0 Å². The summed E-state index contributed by atoms with van der Waals surface area (Å²) < 4.78 is 0.536. The van der Waals surface area contributed by atoms with E-state index < -0.39 is 0 Å². The molecule has 2 nitrogen and oxygen atoms in total. The van der Waals surface area contributed by atoms with Gasteiger partial charge in [0, 0.05) is 12.6 Å². The molecule has 2 bridgehead atoms. The summed E-state index contributed by atoms with van der Waals surface area (Å²) in [5.41, 5.74) is 0. The van der Waals surface area contributed by atoms with Crippen LogP contribution in [0.25, 0.3) is 0 Å². The number of thiocarbonyl (C=S) groups is 1. The molecule has 0 aliphatic carbocycles. The summed E-state index contributed by atoms with van der Waals surface area (Å²) in [6.07, 6.45) is 2.63. The maximum absolute atomic E-state index is 4.88. The van der Waals surface area contributed by atoms with Crippen molar-refractivity contribution in [3.05, 3.63) is 0 Å². The molecule has 3 saturated heterocycles. The summed E-state index contributed by atoms with van der Waals surface area (Å²) in [7, 11) is 0. The molecule has 3 aliphatic rings. The van der Waals surface area contributed by atoms with E-state index in [0.29, 0.717) is 10.4 Å². The molecule has 1 atom stereocenters. The average molecular weight is 224 g/mol. The molecule has 3 fully saturated rings. The number of nitrogens with one attached hydrogen (secondary N) is 1. The Hall–Kier alpha value is 1.07. The molecule has 1 unspecified atom stereocenters. The van der Waals surface area contributed by atoms with Crippen molar-refractivity contribution >= 4 is 29.2 Å². The van der Waals surface area contributed by atoms with Crippen molar-refractivity contribution in [2.75, 3.05) is 19.6 Å². The van der Waals surface area contributed by atoms with Gasteiger partial charge in [-0.25, -0.2) is 0 Å². The molecule has 3 heterocycles. The van der Waals surface area contributed by atoms with Gasteiger partial charge < -0.3 is 35.1 Å². The van der Waals surface area contributed by atoms with Crippen LogP contribution in [0.3, 0.4) is 0 Å². The normalized spacial score (nSPS) is 36.5. The molecule has 1 N–H and O–H groups in total. The van der Waals surface area contributed by atoms with Gasteiger partial charge in [0.05, 0.1) is 0 Å². The first kappa shape index (κ1) is 12.1. The molecule has 0 saturated carbocycles. The van der Waals surface area contributed by atoms with Crippen LogP contribution in [-0.2, 0) is 12.6 Å². The molecule has 3 rings (SSSR count). The SMILES string of the molecule is S=C([S-])NC1CN2CCC1CC2.[Na+]. The van der Waals surface area contributed by atoms with Crippen LogP contribution in [0, 0.1) is 5.92 Å². The molecule has 0 radical (unpaired) electrons. The van der Waals surface area contributed by atoms with Gasteiger partial charge in [0.2, 0.25) is 0 Å². The molecule has 0 aromatic heterocycles. The van der Waals surface area contributed by atoms with E-state index in [1.54, 1.807) is 0 Å². The van der Waals surface area contributed by atoms with Crippen molar-refractivity contribution in [1.82, 2.24) is 10.2 Å². The summed E-state index contributed by atoms with van der Waals surface area (Å²) >= 11 is 9.75. The number of rotatable bonds is 1. The van der Waals surface area contributed by atoms with Crippen molar-refractivity contribution in [3.63, 3.8) is 0 Å². The van der Waals surface area contributed by atoms with Gasteiger partial charge >= 0.3 is 29.6 Å². The Morgan fingerprint density at radius 1 is 1.38 bits per heavy atom. The molecule has 0 aromatic carbocycles. The molecule has 0 aromatic rings. The van der Waals surface area contributed by atoms with Crippen LogP contribution in [0.15, 0.2) is 0 Å². The van der Waals surface area contributed by atoms with Gasteiger partial charge in [-0.15, -0.1) is 0 Å². The van der Waals surface area contributed by atoms with E-state index in [0.717, 1.165) is 12.5 Å². The third-order valence-electron chi connectivity index (χ3n) is 2.96. The maximum atomic E-state index is 4.88. The van der Waals surface area contributed by atoms with Crippen molar-refractivity contribution in [2.45, 2.75) is 18.9 Å². The van der Waals surface area contributed by atoms with Gasteiger partial charge in [-0.1, -0.05) is 4.32 Å². The maximum Gasteiger partial charge on any atom is 1.00 e. The minimum Gasteiger partial charge on any atom is -0.412 e. The Bertz CT molecular complexity index is 193. The molecular formula is C8H13N2NaS2. The summed E-state index contributed by atoms with van der Waals surface area (Å²) in [6.45, 7) is 3.68. The Morgan fingerprint density at radius 3 is 2.38 bits per heavy atom. The summed E-state index contributed by atoms with van der Waals surface area (Å²) in [4.78, 5) is 2.49. The fourth-order valence-electron chi connectivity index (χ4n) is 2.28. The standard InChI is InChI=1S/C8H14N2S2.Na/c11-8(12)9-7-5-10-3-1-6(7)2-4-10;/h6-7H,1-5H2,(H2,9,11,12);/q;+1/p-1. The fraction of sp³-hybridized carbons (Fsp3) is 0.875. The van der Waals surface area contributed by atoms with Crippen molar-refractivity contribution < 1.29 is 29.6 Å². The Morgan fingerprint density at radius 2 is 2.00 bits per heavy atom. The van der Waals surface area contributed by atoms with Crippen molar-refractivity contribution in [2.24, 2.45) is 5.92 Å². The van der Waals surface area contributed by atoms with Gasteiger partial charge in [-0.3, -0.25) is 0 Å². The monoisotopic (exact) mass is 224 g/mol. The van der Waals surface area contributed by atoms with Gasteiger partial charge in [-0.2, -0.15) is 0 Å². The summed E-state index contributed by atoms with van der Waals surface area (Å²) in [5, 5.41) is 3.22. The predicted octanol–water partition coefficient (Wildman–Crippen LogP) is -2.49. The smallest absolute Gasteiger partial charge is 0.412 e. The largest absolute Gasteiger partial charge is 1.00 e. The van der Waals surface area contributed by atoms with Crippen LogP contribution in [0.4, 0.5) is 0 Å². The molecule has 13 heavy (non-hydrogen) atoms. The second-order valence-corrected chi connectivity index (χ2v) is 4.75. The summed E-state index contributed by atoms with van der Waals surface area (Å²) in [5.74, 6) is 0.816. The zero-order chi connectivity index (χ0) is 8.55. The van der Waals surface area contributed by atoms with E-state index in [2.05, 4.69) is 10.2 Å². The number of piperidine rings is 3. The topological polar surface area (TPSA) is 15.3 Å². The number of fused-ring (bicyclic) bond motifs is 3. The number of hydrogen-bond donors (Lipinski definition) is 1. The average Bonchev–Trinajstić information content (AvgIpc) is 2.05. The molecule has 0 spiro atoms.